The van der Waals surface area contributed by atoms with Gasteiger partial charge in [-0.3, -0.25) is 0 Å². The molecule has 1 N–H and O–H groups in total. The lowest BCUT2D eigenvalue weighted by atomic mass is 10.1. The van der Waals surface area contributed by atoms with Crippen molar-refractivity contribution in [3.8, 4) is 11.3 Å². The normalized spacial score (nSPS) is 18.0. The molecule has 0 radical (unpaired) electrons. The molecule has 0 bridgehead atoms. The Balaban J connectivity index is 1.65. The number of rotatable bonds is 4. The van der Waals surface area contributed by atoms with Crippen molar-refractivity contribution in [1.82, 2.24) is 4.98 Å². The smallest absolute Gasteiger partial charge is 0.181 e. The van der Waals surface area contributed by atoms with Gasteiger partial charge in [0.05, 0.1) is 19.0 Å². The number of oxazole rings is 1. The van der Waals surface area contributed by atoms with Crippen molar-refractivity contribution in [3.05, 3.63) is 49.2 Å². The van der Waals surface area contributed by atoms with E-state index in [4.69, 9.17) is 9.15 Å². The van der Waals surface area contributed by atoms with Crippen molar-refractivity contribution < 1.29 is 9.15 Å². The van der Waals surface area contributed by atoms with Crippen molar-refractivity contribution in [2.24, 2.45) is 0 Å². The van der Waals surface area contributed by atoms with E-state index in [1.54, 1.807) is 12.5 Å². The lowest BCUT2D eigenvalue weighted by molar-refractivity contribution is 0.135. The predicted molar refractivity (Wildman–Crippen MR) is 73.7 cm³/mol. The molecule has 0 spiro atoms. The molecule has 1 aliphatic rings. The number of hydrogen-bond acceptors (Lipinski definition) is 4. The third-order valence-electron chi connectivity index (χ3n) is 3.14. The van der Waals surface area contributed by atoms with Gasteiger partial charge in [0, 0.05) is 11.3 Å². The summed E-state index contributed by atoms with van der Waals surface area (Å²) in [6.07, 6.45) is 9.41. The highest BCUT2D eigenvalue weighted by atomic mass is 16.5. The van der Waals surface area contributed by atoms with E-state index in [9.17, 15) is 0 Å². The van der Waals surface area contributed by atoms with Gasteiger partial charge in [-0.25, -0.2) is 4.98 Å². The average molecular weight is 256 g/mol. The summed E-state index contributed by atoms with van der Waals surface area (Å²) >= 11 is 0. The lowest BCUT2D eigenvalue weighted by Gasteiger charge is -2.20. The van der Waals surface area contributed by atoms with Crippen LogP contribution < -0.4 is 5.32 Å². The number of hydrogen-bond donors (Lipinski definition) is 1. The quantitative estimate of drug-likeness (QED) is 0.910. The van der Waals surface area contributed by atoms with Crippen molar-refractivity contribution in [2.75, 3.05) is 11.9 Å². The summed E-state index contributed by atoms with van der Waals surface area (Å²) in [4.78, 5) is 3.93. The standard InChI is InChI=1S/C15H16N2O2/c1-2-7-18-14(6-1)9-17-13-5-3-4-12(8-13)15-10-16-11-19-15/h2-5,7-8,10-11,14,17H,1,6,9H2. The van der Waals surface area contributed by atoms with Crippen LogP contribution in [-0.4, -0.2) is 17.6 Å². The Hall–Kier alpha value is -2.23. The van der Waals surface area contributed by atoms with E-state index >= 15 is 0 Å². The summed E-state index contributed by atoms with van der Waals surface area (Å²) in [5, 5.41) is 3.40. The van der Waals surface area contributed by atoms with Gasteiger partial charge in [-0.2, -0.15) is 0 Å². The summed E-state index contributed by atoms with van der Waals surface area (Å²) in [7, 11) is 0. The number of anilines is 1. The molecular formula is C15H16N2O2. The van der Waals surface area contributed by atoms with Gasteiger partial charge in [-0.15, -0.1) is 0 Å². The summed E-state index contributed by atoms with van der Waals surface area (Å²) in [6.45, 7) is 0.810. The number of nitrogens with one attached hydrogen (secondary N) is 1. The molecule has 98 valence electrons. The van der Waals surface area contributed by atoms with Crippen LogP contribution in [0.5, 0.6) is 0 Å². The molecule has 0 amide bonds. The Kier molecular flexibility index (Phi) is 3.49. The SMILES string of the molecule is C1=COC(CNc2cccc(-c3cnco3)c2)CC1. The maximum Gasteiger partial charge on any atom is 0.181 e. The van der Waals surface area contributed by atoms with Crippen LogP contribution in [0.15, 0.2) is 53.6 Å². The second-order valence-corrected chi connectivity index (χ2v) is 4.53. The van der Waals surface area contributed by atoms with Crippen LogP contribution in [0.4, 0.5) is 5.69 Å². The first kappa shape index (κ1) is 11.8. The third kappa shape index (κ3) is 2.96. The Labute approximate surface area is 112 Å². The number of benzene rings is 1. The number of aromatic nitrogens is 1. The van der Waals surface area contributed by atoms with Gasteiger partial charge in [0.2, 0.25) is 0 Å². The van der Waals surface area contributed by atoms with Crippen molar-refractivity contribution in [3.63, 3.8) is 0 Å². The van der Waals surface area contributed by atoms with Crippen LogP contribution in [0.25, 0.3) is 11.3 Å². The van der Waals surface area contributed by atoms with Crippen LogP contribution in [0.3, 0.4) is 0 Å². The first-order valence-corrected chi connectivity index (χ1v) is 6.45. The van der Waals surface area contributed by atoms with Gasteiger partial charge in [0.1, 0.15) is 6.10 Å². The van der Waals surface area contributed by atoms with Crippen molar-refractivity contribution in [2.45, 2.75) is 18.9 Å². The summed E-state index contributed by atoms with van der Waals surface area (Å²) in [6, 6.07) is 8.10. The van der Waals surface area contributed by atoms with Gasteiger partial charge in [0.25, 0.3) is 0 Å². The highest BCUT2D eigenvalue weighted by Gasteiger charge is 2.10. The molecule has 4 heteroatoms. The molecule has 3 rings (SSSR count). The predicted octanol–water partition coefficient (Wildman–Crippen LogP) is 3.45. The van der Waals surface area contributed by atoms with E-state index in [1.807, 2.05) is 18.2 Å². The molecule has 19 heavy (non-hydrogen) atoms. The van der Waals surface area contributed by atoms with Crippen LogP contribution in [-0.2, 0) is 4.74 Å². The summed E-state index contributed by atoms with van der Waals surface area (Å²) in [5.41, 5.74) is 2.08. The maximum atomic E-state index is 5.53. The molecule has 1 aromatic heterocycles. The minimum atomic E-state index is 0.249. The third-order valence-corrected chi connectivity index (χ3v) is 3.14. The second-order valence-electron chi connectivity index (χ2n) is 4.53. The fourth-order valence-corrected chi connectivity index (χ4v) is 2.11. The van der Waals surface area contributed by atoms with Crippen molar-refractivity contribution >= 4 is 5.69 Å². The molecule has 4 nitrogen and oxygen atoms in total. The van der Waals surface area contributed by atoms with E-state index < -0.39 is 0 Å². The monoisotopic (exact) mass is 256 g/mol. The minimum absolute atomic E-state index is 0.249. The van der Waals surface area contributed by atoms with E-state index in [-0.39, 0.29) is 6.10 Å². The fourth-order valence-electron chi connectivity index (χ4n) is 2.11. The number of nitrogens with zero attached hydrogens (tertiary/aromatic N) is 1. The van der Waals surface area contributed by atoms with Crippen LogP contribution in [0.2, 0.25) is 0 Å². The molecule has 0 fully saturated rings. The highest BCUT2D eigenvalue weighted by molar-refractivity contribution is 5.63. The molecule has 2 aromatic rings. The molecule has 1 aromatic carbocycles. The molecule has 0 aliphatic carbocycles. The van der Waals surface area contributed by atoms with Crippen LogP contribution in [0.1, 0.15) is 12.8 Å². The minimum Gasteiger partial charge on any atom is -0.497 e. The molecule has 1 atom stereocenters. The Morgan fingerprint density at radius 2 is 2.37 bits per heavy atom. The number of ether oxygens (including phenoxy) is 1. The van der Waals surface area contributed by atoms with Gasteiger partial charge >= 0.3 is 0 Å². The van der Waals surface area contributed by atoms with Crippen LogP contribution in [0, 0.1) is 0 Å². The summed E-state index contributed by atoms with van der Waals surface area (Å²) < 4.78 is 10.8. The zero-order valence-corrected chi connectivity index (χ0v) is 10.6. The molecule has 0 saturated carbocycles. The zero-order chi connectivity index (χ0) is 12.9. The van der Waals surface area contributed by atoms with Gasteiger partial charge in [0.15, 0.2) is 12.2 Å². The van der Waals surface area contributed by atoms with Gasteiger partial charge in [-0.05, 0) is 31.1 Å². The van der Waals surface area contributed by atoms with E-state index in [0.29, 0.717) is 0 Å². The van der Waals surface area contributed by atoms with E-state index in [0.717, 1.165) is 36.4 Å². The summed E-state index contributed by atoms with van der Waals surface area (Å²) in [5.74, 6) is 0.778. The van der Waals surface area contributed by atoms with Gasteiger partial charge in [-0.1, -0.05) is 12.1 Å². The van der Waals surface area contributed by atoms with Crippen molar-refractivity contribution in [1.29, 1.82) is 0 Å². The first-order valence-electron chi connectivity index (χ1n) is 6.45. The highest BCUT2D eigenvalue weighted by Crippen LogP contribution is 2.22. The topological polar surface area (TPSA) is 47.3 Å². The maximum absolute atomic E-state index is 5.53. The average Bonchev–Trinajstić information content (AvgIpc) is 3.01. The number of allylic oxidation sites excluding steroid dienone is 1. The molecule has 1 aliphatic heterocycles. The first-order chi connectivity index (χ1) is 9.42. The Bertz CT molecular complexity index is 549. The Morgan fingerprint density at radius 1 is 1.37 bits per heavy atom. The largest absolute Gasteiger partial charge is 0.497 e. The molecule has 1 unspecified atom stereocenters. The Morgan fingerprint density at radius 3 is 3.16 bits per heavy atom. The van der Waals surface area contributed by atoms with E-state index in [1.165, 1.54) is 6.39 Å². The zero-order valence-electron chi connectivity index (χ0n) is 10.6. The molecule has 0 saturated heterocycles. The fraction of sp³-hybridized carbons (Fsp3) is 0.267. The van der Waals surface area contributed by atoms with Gasteiger partial charge < -0.3 is 14.5 Å². The second kappa shape index (κ2) is 5.61. The molecular weight excluding hydrogens is 240 g/mol. The van der Waals surface area contributed by atoms with Crippen LogP contribution >= 0.6 is 0 Å². The van der Waals surface area contributed by atoms with E-state index in [2.05, 4.69) is 22.4 Å². The lowest BCUT2D eigenvalue weighted by Crippen LogP contribution is -2.22. The molecule has 2 heterocycles.